The minimum Gasteiger partial charge on any atom is -0.458 e. The summed E-state index contributed by atoms with van der Waals surface area (Å²) >= 11 is 0. The summed E-state index contributed by atoms with van der Waals surface area (Å²) < 4.78 is 27.2. The van der Waals surface area contributed by atoms with Crippen LogP contribution in [0.5, 0.6) is 0 Å². The third-order valence-electron chi connectivity index (χ3n) is 8.97. The van der Waals surface area contributed by atoms with Gasteiger partial charge in [0.15, 0.2) is 23.8 Å². The fourth-order valence-electron chi connectivity index (χ4n) is 7.16. The molecule has 0 unspecified atom stereocenters. The molecule has 36 heavy (non-hydrogen) atoms. The zero-order chi connectivity index (χ0) is 26.8. The molecule has 4 aliphatic carbocycles. The fourth-order valence-corrected chi connectivity index (χ4v) is 7.16. The van der Waals surface area contributed by atoms with Crippen molar-refractivity contribution in [3.63, 3.8) is 0 Å². The number of hydrogen-bond acceptors (Lipinski definition) is 9. The second-order valence-electron chi connectivity index (χ2n) is 10.9. The molecule has 9 nitrogen and oxygen atoms in total. The monoisotopic (exact) mass is 506 g/mol. The summed E-state index contributed by atoms with van der Waals surface area (Å²) in [5.41, 5.74) is -7.37. The van der Waals surface area contributed by atoms with Gasteiger partial charge in [-0.15, -0.1) is 0 Å². The number of aliphatic hydroxyl groups excluding tert-OH is 1. The van der Waals surface area contributed by atoms with E-state index in [-0.39, 0.29) is 18.6 Å². The molecule has 0 heterocycles. The molecule has 0 aromatic heterocycles. The fraction of sp³-hybridized carbons (Fsp3) is 0.654. The summed E-state index contributed by atoms with van der Waals surface area (Å²) in [6.45, 7) is 4.29. The molecule has 8 atom stereocenters. The van der Waals surface area contributed by atoms with Gasteiger partial charge in [-0.1, -0.05) is 18.6 Å². The number of fused-ring (bicyclic) bond motifs is 5. The van der Waals surface area contributed by atoms with E-state index in [1.807, 2.05) is 0 Å². The third-order valence-corrected chi connectivity index (χ3v) is 8.97. The van der Waals surface area contributed by atoms with Gasteiger partial charge in [-0.05, 0) is 50.7 Å². The molecule has 4 aliphatic rings. The first-order valence-electron chi connectivity index (χ1n) is 12.0. The van der Waals surface area contributed by atoms with E-state index in [1.54, 1.807) is 6.92 Å². The first-order valence-corrected chi connectivity index (χ1v) is 12.0. The molecule has 3 fully saturated rings. The van der Waals surface area contributed by atoms with Crippen molar-refractivity contribution in [2.24, 2.45) is 22.7 Å². The molecule has 4 rings (SSSR count). The second-order valence-corrected chi connectivity index (χ2v) is 10.9. The van der Waals surface area contributed by atoms with Crippen LogP contribution in [0, 0.1) is 22.7 Å². The second kappa shape index (κ2) is 8.41. The van der Waals surface area contributed by atoms with E-state index in [1.165, 1.54) is 25.2 Å². The maximum Gasteiger partial charge on any atom is 0.303 e. The van der Waals surface area contributed by atoms with Gasteiger partial charge in [0.05, 0.1) is 6.10 Å². The van der Waals surface area contributed by atoms with Gasteiger partial charge in [-0.3, -0.25) is 24.0 Å². The Labute approximate surface area is 207 Å². The topological polar surface area (TPSA) is 144 Å². The van der Waals surface area contributed by atoms with Gasteiger partial charge in [0.1, 0.15) is 6.10 Å². The van der Waals surface area contributed by atoms with Crippen molar-refractivity contribution in [3.8, 4) is 0 Å². The summed E-state index contributed by atoms with van der Waals surface area (Å²) in [5.74, 6) is -5.79. The van der Waals surface area contributed by atoms with Gasteiger partial charge in [0.25, 0.3) is 0 Å². The number of allylic oxidation sites excluding steroid dienone is 4. The van der Waals surface area contributed by atoms with E-state index in [0.717, 1.165) is 13.8 Å². The number of carbonyl (C=O) groups is 5. The van der Waals surface area contributed by atoms with Crippen molar-refractivity contribution in [3.05, 3.63) is 23.8 Å². The van der Waals surface area contributed by atoms with E-state index in [0.29, 0.717) is 12.0 Å². The SMILES string of the molecule is CC(=O)OCC(=O)[C@]1(O)C(=O)[C@@]2(C)C[C@H](O)[C@@]3(F)[C@@H](CCC4=CC(=O)C=C[C@@]43C)[C@@H]2C[C@H]1OC(C)=O. The maximum atomic E-state index is 17.2. The highest BCUT2D eigenvalue weighted by molar-refractivity contribution is 6.14. The number of alkyl halides is 1. The van der Waals surface area contributed by atoms with Crippen LogP contribution in [0.3, 0.4) is 0 Å². The molecule has 0 saturated heterocycles. The largest absolute Gasteiger partial charge is 0.458 e. The quantitative estimate of drug-likeness (QED) is 0.426. The number of rotatable bonds is 4. The van der Waals surface area contributed by atoms with Gasteiger partial charge in [-0.25, -0.2) is 4.39 Å². The lowest BCUT2D eigenvalue weighted by atomic mass is 9.41. The van der Waals surface area contributed by atoms with Gasteiger partial charge < -0.3 is 19.7 Å². The van der Waals surface area contributed by atoms with Crippen molar-refractivity contribution in [1.29, 1.82) is 0 Å². The number of halogens is 1. The van der Waals surface area contributed by atoms with Crippen LogP contribution in [0.2, 0.25) is 0 Å². The Balaban J connectivity index is 1.80. The van der Waals surface area contributed by atoms with Crippen LogP contribution in [0.15, 0.2) is 23.8 Å². The molecule has 0 aromatic carbocycles. The summed E-state index contributed by atoms with van der Waals surface area (Å²) in [5, 5.41) is 22.7. The summed E-state index contributed by atoms with van der Waals surface area (Å²) in [6.07, 6.45) is 0.783. The molecule has 3 saturated carbocycles. The number of Topliss-reactive ketones (excluding diaryl/α,β-unsaturated/α-hetero) is 2. The Bertz CT molecular complexity index is 1110. The average Bonchev–Trinajstić information content (AvgIpc) is 2.79. The van der Waals surface area contributed by atoms with Crippen LogP contribution in [0.4, 0.5) is 4.39 Å². The van der Waals surface area contributed by atoms with Gasteiger partial charge >= 0.3 is 11.9 Å². The van der Waals surface area contributed by atoms with Gasteiger partial charge in [0.2, 0.25) is 11.4 Å². The zero-order valence-electron chi connectivity index (χ0n) is 20.7. The zero-order valence-corrected chi connectivity index (χ0v) is 20.7. The van der Waals surface area contributed by atoms with Crippen LogP contribution >= 0.6 is 0 Å². The molecule has 0 bridgehead atoms. The Morgan fingerprint density at radius 1 is 1.14 bits per heavy atom. The molecule has 0 spiro atoms. The molecule has 0 radical (unpaired) electrons. The first-order chi connectivity index (χ1) is 16.6. The third kappa shape index (κ3) is 3.44. The average molecular weight is 507 g/mol. The van der Waals surface area contributed by atoms with E-state index >= 15 is 4.39 Å². The molecule has 0 aromatic rings. The smallest absolute Gasteiger partial charge is 0.303 e. The Hall–Kier alpha value is -2.72. The van der Waals surface area contributed by atoms with E-state index < -0.39 is 82.7 Å². The lowest BCUT2D eigenvalue weighted by Crippen LogP contribution is -2.75. The minimum absolute atomic E-state index is 0.205. The predicted molar refractivity (Wildman–Crippen MR) is 121 cm³/mol. The molecule has 10 heteroatoms. The number of ketones is 3. The van der Waals surface area contributed by atoms with Crippen LogP contribution in [0.1, 0.15) is 53.4 Å². The molecule has 0 aliphatic heterocycles. The highest BCUT2D eigenvalue weighted by atomic mass is 19.1. The number of ether oxygens (including phenoxy) is 2. The van der Waals surface area contributed by atoms with Crippen molar-refractivity contribution in [1.82, 2.24) is 0 Å². The van der Waals surface area contributed by atoms with Crippen molar-refractivity contribution in [2.75, 3.05) is 6.61 Å². The standard InChI is InChI=1S/C26H31FO9/c1-13(28)35-12-20(32)25(34)21(36-14(2)29)10-18-17-6-5-15-9-16(30)7-8-24(15,4)26(17,27)19(31)11-23(18,3)22(25)33/h7-9,17-19,21,31,34H,5-6,10-12H2,1-4H3/t17-,18-,19-,21+,23-,24-,25+,26-/m0/s1. The van der Waals surface area contributed by atoms with Crippen molar-refractivity contribution < 1.29 is 48.0 Å². The van der Waals surface area contributed by atoms with Crippen LogP contribution < -0.4 is 0 Å². The van der Waals surface area contributed by atoms with Gasteiger partial charge in [-0.2, -0.15) is 0 Å². The van der Waals surface area contributed by atoms with E-state index in [4.69, 9.17) is 9.47 Å². The number of esters is 2. The van der Waals surface area contributed by atoms with Crippen molar-refractivity contribution in [2.45, 2.75) is 76.9 Å². The van der Waals surface area contributed by atoms with E-state index in [2.05, 4.69) is 0 Å². The van der Waals surface area contributed by atoms with Crippen LogP contribution in [-0.4, -0.2) is 69.6 Å². The van der Waals surface area contributed by atoms with Crippen LogP contribution in [-0.2, 0) is 33.4 Å². The number of hydrogen-bond donors (Lipinski definition) is 2. The molecule has 2 N–H and O–H groups in total. The number of aliphatic hydroxyl groups is 2. The summed E-state index contributed by atoms with van der Waals surface area (Å²) in [6, 6.07) is 0. The van der Waals surface area contributed by atoms with Crippen molar-refractivity contribution >= 4 is 29.3 Å². The predicted octanol–water partition coefficient (Wildman–Crippen LogP) is 1.33. The Morgan fingerprint density at radius 2 is 1.81 bits per heavy atom. The molecular formula is C26H31FO9. The highest BCUT2D eigenvalue weighted by Gasteiger charge is 2.74. The lowest BCUT2D eigenvalue weighted by molar-refractivity contribution is -0.232. The number of carbonyl (C=O) groups excluding carboxylic acids is 5. The molecular weight excluding hydrogens is 475 g/mol. The highest BCUT2D eigenvalue weighted by Crippen LogP contribution is 2.67. The van der Waals surface area contributed by atoms with E-state index in [9.17, 15) is 34.2 Å². The maximum absolute atomic E-state index is 17.2. The Morgan fingerprint density at radius 3 is 2.42 bits per heavy atom. The minimum atomic E-state index is -2.83. The first kappa shape index (κ1) is 26.3. The van der Waals surface area contributed by atoms with Gasteiger partial charge in [0, 0.05) is 30.6 Å². The molecule has 0 amide bonds. The Kier molecular flexibility index (Phi) is 6.16. The normalized spacial score (nSPS) is 43.5. The summed E-state index contributed by atoms with van der Waals surface area (Å²) in [4.78, 5) is 62.0. The summed E-state index contributed by atoms with van der Waals surface area (Å²) in [7, 11) is 0. The lowest BCUT2D eigenvalue weighted by Gasteiger charge is -2.64. The van der Waals surface area contributed by atoms with Crippen LogP contribution in [0.25, 0.3) is 0 Å². The molecule has 196 valence electrons.